The standard InChI is InChI=1S/C17H18F3N3O/c18-17(19,20)13-4-5-14(22-10-13)11-24-16-3-1-2-15(23-16)12-6-8-21-9-7-12/h1-5,10,12,21H,6-9,11H2. The van der Waals surface area contributed by atoms with Gasteiger partial charge in [-0.2, -0.15) is 13.2 Å². The highest BCUT2D eigenvalue weighted by molar-refractivity contribution is 5.20. The van der Waals surface area contributed by atoms with Crippen LogP contribution in [0.2, 0.25) is 0 Å². The van der Waals surface area contributed by atoms with Gasteiger partial charge in [0.15, 0.2) is 0 Å². The number of aromatic nitrogens is 2. The van der Waals surface area contributed by atoms with Crippen LogP contribution in [0.15, 0.2) is 36.5 Å². The summed E-state index contributed by atoms with van der Waals surface area (Å²) in [5, 5.41) is 3.31. The summed E-state index contributed by atoms with van der Waals surface area (Å²) in [5.41, 5.74) is 0.656. The predicted octanol–water partition coefficient (Wildman–Crippen LogP) is 3.54. The molecule has 0 bridgehead atoms. The molecule has 7 heteroatoms. The van der Waals surface area contributed by atoms with Crippen LogP contribution in [0.4, 0.5) is 13.2 Å². The van der Waals surface area contributed by atoms with Crippen molar-refractivity contribution in [3.05, 3.63) is 53.5 Å². The molecule has 0 saturated carbocycles. The molecule has 3 heterocycles. The van der Waals surface area contributed by atoms with E-state index in [0.29, 0.717) is 17.5 Å². The van der Waals surface area contributed by atoms with E-state index in [1.54, 1.807) is 6.07 Å². The highest BCUT2D eigenvalue weighted by Gasteiger charge is 2.30. The van der Waals surface area contributed by atoms with Crippen LogP contribution in [-0.4, -0.2) is 23.1 Å². The van der Waals surface area contributed by atoms with Gasteiger partial charge in [-0.15, -0.1) is 0 Å². The lowest BCUT2D eigenvalue weighted by Gasteiger charge is -2.22. The maximum Gasteiger partial charge on any atom is 0.417 e. The Morgan fingerprint density at radius 1 is 1.12 bits per heavy atom. The van der Waals surface area contributed by atoms with Gasteiger partial charge in [0.25, 0.3) is 0 Å². The Morgan fingerprint density at radius 3 is 2.58 bits per heavy atom. The van der Waals surface area contributed by atoms with Crippen LogP contribution in [0, 0.1) is 0 Å². The van der Waals surface area contributed by atoms with E-state index in [1.807, 2.05) is 12.1 Å². The number of piperidine rings is 1. The number of pyridine rings is 2. The van der Waals surface area contributed by atoms with Gasteiger partial charge in [0, 0.05) is 23.9 Å². The molecule has 0 aromatic carbocycles. The van der Waals surface area contributed by atoms with E-state index in [4.69, 9.17) is 4.74 Å². The molecule has 128 valence electrons. The van der Waals surface area contributed by atoms with E-state index < -0.39 is 11.7 Å². The molecular weight excluding hydrogens is 319 g/mol. The summed E-state index contributed by atoms with van der Waals surface area (Å²) in [6, 6.07) is 7.94. The molecule has 0 aliphatic carbocycles. The zero-order chi connectivity index (χ0) is 17.0. The van der Waals surface area contributed by atoms with Gasteiger partial charge in [0.05, 0.1) is 11.3 Å². The highest BCUT2D eigenvalue weighted by Crippen LogP contribution is 2.28. The molecule has 1 aliphatic rings. The van der Waals surface area contributed by atoms with E-state index >= 15 is 0 Å². The largest absolute Gasteiger partial charge is 0.471 e. The maximum absolute atomic E-state index is 12.5. The predicted molar refractivity (Wildman–Crippen MR) is 82.7 cm³/mol. The first-order chi connectivity index (χ1) is 11.5. The second-order valence-electron chi connectivity index (χ2n) is 5.75. The molecule has 1 saturated heterocycles. The summed E-state index contributed by atoms with van der Waals surface area (Å²) in [4.78, 5) is 8.30. The van der Waals surface area contributed by atoms with E-state index in [1.165, 1.54) is 6.07 Å². The van der Waals surface area contributed by atoms with Gasteiger partial charge in [0.1, 0.15) is 6.61 Å². The molecule has 24 heavy (non-hydrogen) atoms. The Kier molecular flexibility index (Phi) is 4.99. The first-order valence-electron chi connectivity index (χ1n) is 7.85. The number of ether oxygens (including phenoxy) is 1. The van der Waals surface area contributed by atoms with Crippen molar-refractivity contribution >= 4 is 0 Å². The quantitative estimate of drug-likeness (QED) is 0.927. The Bertz CT molecular complexity index is 668. The number of alkyl halides is 3. The van der Waals surface area contributed by atoms with Crippen LogP contribution >= 0.6 is 0 Å². The number of halogens is 3. The minimum absolute atomic E-state index is 0.0841. The lowest BCUT2D eigenvalue weighted by atomic mass is 9.94. The summed E-state index contributed by atoms with van der Waals surface area (Å²) in [7, 11) is 0. The van der Waals surface area contributed by atoms with Gasteiger partial charge in [-0.1, -0.05) is 6.07 Å². The molecule has 2 aromatic heterocycles. The van der Waals surface area contributed by atoms with E-state index in [-0.39, 0.29) is 6.61 Å². The second kappa shape index (κ2) is 7.17. The molecule has 0 amide bonds. The van der Waals surface area contributed by atoms with Crippen molar-refractivity contribution in [2.24, 2.45) is 0 Å². The lowest BCUT2D eigenvalue weighted by molar-refractivity contribution is -0.137. The fourth-order valence-corrected chi connectivity index (χ4v) is 2.68. The van der Waals surface area contributed by atoms with Crippen molar-refractivity contribution in [3.63, 3.8) is 0 Å². The van der Waals surface area contributed by atoms with Gasteiger partial charge in [-0.25, -0.2) is 4.98 Å². The average molecular weight is 337 g/mol. The molecule has 0 unspecified atom stereocenters. The van der Waals surface area contributed by atoms with Gasteiger partial charge in [-0.05, 0) is 44.1 Å². The van der Waals surface area contributed by atoms with E-state index in [9.17, 15) is 13.2 Å². The third kappa shape index (κ3) is 4.23. The summed E-state index contributed by atoms with van der Waals surface area (Å²) in [6.45, 7) is 2.04. The fraction of sp³-hybridized carbons (Fsp3) is 0.412. The summed E-state index contributed by atoms with van der Waals surface area (Å²) in [5.74, 6) is 0.881. The zero-order valence-electron chi connectivity index (χ0n) is 13.0. The van der Waals surface area contributed by atoms with Crippen molar-refractivity contribution in [2.45, 2.75) is 31.5 Å². The van der Waals surface area contributed by atoms with Gasteiger partial charge < -0.3 is 10.1 Å². The van der Waals surface area contributed by atoms with Crippen LogP contribution in [0.25, 0.3) is 0 Å². The first kappa shape index (κ1) is 16.7. The van der Waals surface area contributed by atoms with Crippen LogP contribution in [0.1, 0.15) is 35.7 Å². The fourth-order valence-electron chi connectivity index (χ4n) is 2.68. The maximum atomic E-state index is 12.5. The van der Waals surface area contributed by atoms with Crippen molar-refractivity contribution in [3.8, 4) is 5.88 Å². The highest BCUT2D eigenvalue weighted by atomic mass is 19.4. The van der Waals surface area contributed by atoms with Crippen LogP contribution in [-0.2, 0) is 12.8 Å². The molecular formula is C17H18F3N3O. The van der Waals surface area contributed by atoms with Crippen LogP contribution in [0.3, 0.4) is 0 Å². The third-order valence-corrected chi connectivity index (χ3v) is 4.02. The summed E-state index contributed by atoms with van der Waals surface area (Å²) < 4.78 is 43.1. The zero-order valence-corrected chi connectivity index (χ0v) is 13.0. The topological polar surface area (TPSA) is 47.0 Å². The van der Waals surface area contributed by atoms with Crippen molar-refractivity contribution in [1.82, 2.24) is 15.3 Å². The molecule has 0 radical (unpaired) electrons. The SMILES string of the molecule is FC(F)(F)c1ccc(COc2cccc(C3CCNCC3)n2)nc1. The smallest absolute Gasteiger partial charge is 0.417 e. The minimum Gasteiger partial charge on any atom is -0.471 e. The molecule has 4 nitrogen and oxygen atoms in total. The first-order valence-corrected chi connectivity index (χ1v) is 7.85. The third-order valence-electron chi connectivity index (χ3n) is 4.02. The number of nitrogens with zero attached hydrogens (tertiary/aromatic N) is 2. The number of rotatable bonds is 4. The molecule has 0 spiro atoms. The Hall–Kier alpha value is -2.15. The Morgan fingerprint density at radius 2 is 1.92 bits per heavy atom. The molecule has 2 aromatic rings. The van der Waals surface area contributed by atoms with Gasteiger partial charge in [-0.3, -0.25) is 4.98 Å². The molecule has 1 N–H and O–H groups in total. The number of hydrogen-bond donors (Lipinski definition) is 1. The average Bonchev–Trinajstić information content (AvgIpc) is 2.61. The number of nitrogens with one attached hydrogen (secondary N) is 1. The van der Waals surface area contributed by atoms with Crippen molar-refractivity contribution < 1.29 is 17.9 Å². The Labute approximate surface area is 138 Å². The molecule has 0 atom stereocenters. The summed E-state index contributed by atoms with van der Waals surface area (Å²) >= 11 is 0. The molecule has 1 fully saturated rings. The Balaban J connectivity index is 1.62. The van der Waals surface area contributed by atoms with Crippen LogP contribution < -0.4 is 10.1 Å². The minimum atomic E-state index is -4.38. The number of hydrogen-bond acceptors (Lipinski definition) is 4. The van der Waals surface area contributed by atoms with E-state index in [2.05, 4.69) is 15.3 Å². The normalized spacial score (nSPS) is 16.1. The van der Waals surface area contributed by atoms with Crippen molar-refractivity contribution in [1.29, 1.82) is 0 Å². The summed E-state index contributed by atoms with van der Waals surface area (Å²) in [6.07, 6.45) is -1.48. The molecule has 1 aliphatic heterocycles. The second-order valence-corrected chi connectivity index (χ2v) is 5.75. The van der Waals surface area contributed by atoms with E-state index in [0.717, 1.165) is 43.9 Å². The van der Waals surface area contributed by atoms with Crippen molar-refractivity contribution in [2.75, 3.05) is 13.1 Å². The lowest BCUT2D eigenvalue weighted by Crippen LogP contribution is -2.27. The van der Waals surface area contributed by atoms with Gasteiger partial charge in [0.2, 0.25) is 5.88 Å². The monoisotopic (exact) mass is 337 g/mol. The van der Waals surface area contributed by atoms with Gasteiger partial charge >= 0.3 is 6.18 Å². The van der Waals surface area contributed by atoms with Crippen LogP contribution in [0.5, 0.6) is 5.88 Å². The molecule has 3 rings (SSSR count).